The van der Waals surface area contributed by atoms with Crippen LogP contribution in [0.25, 0.3) is 22.2 Å². The number of halogens is 1. The molecule has 1 aromatic carbocycles. The van der Waals surface area contributed by atoms with Gasteiger partial charge in [-0.3, -0.25) is 9.69 Å². The van der Waals surface area contributed by atoms with Crippen LogP contribution in [-0.2, 0) is 17.8 Å². The molecule has 6 rings (SSSR count). The molecule has 5 heterocycles. The number of nitriles is 1. The summed E-state index contributed by atoms with van der Waals surface area (Å²) >= 11 is 7.78. The van der Waals surface area contributed by atoms with Crippen molar-refractivity contribution in [1.82, 2.24) is 30.0 Å². The summed E-state index contributed by atoms with van der Waals surface area (Å²) in [5.41, 5.74) is 4.32. The molecule has 0 bridgehead atoms. The first-order chi connectivity index (χ1) is 20.4. The van der Waals surface area contributed by atoms with Crippen molar-refractivity contribution in [2.75, 3.05) is 30.9 Å². The highest BCUT2D eigenvalue weighted by atomic mass is 35.5. The zero-order valence-corrected chi connectivity index (χ0v) is 25.2. The molecule has 2 atom stereocenters. The lowest BCUT2D eigenvalue weighted by atomic mass is 9.93. The Bertz CT molecular complexity index is 1680. The molecular formula is C30H31ClN8O2S. The number of fused-ring (bicyclic) bond motifs is 2. The van der Waals surface area contributed by atoms with E-state index in [1.807, 2.05) is 36.2 Å². The van der Waals surface area contributed by atoms with Crippen molar-refractivity contribution in [2.24, 2.45) is 5.92 Å². The number of hydrogen-bond donors (Lipinski definition) is 1. The van der Waals surface area contributed by atoms with Crippen LogP contribution >= 0.6 is 23.4 Å². The second kappa shape index (κ2) is 11.9. The lowest BCUT2D eigenvalue weighted by Gasteiger charge is -2.31. The first-order valence-corrected chi connectivity index (χ1v) is 15.6. The third-order valence-electron chi connectivity index (χ3n) is 7.70. The molecular weight excluding hydrogens is 572 g/mol. The fourth-order valence-electron chi connectivity index (χ4n) is 5.74. The first-order valence-electron chi connectivity index (χ1n) is 14.0. The van der Waals surface area contributed by atoms with Gasteiger partial charge in [-0.25, -0.2) is 19.6 Å². The number of benzene rings is 1. The van der Waals surface area contributed by atoms with Crippen LogP contribution in [0.5, 0.6) is 5.75 Å². The maximum absolute atomic E-state index is 12.9. The number of rotatable bonds is 7. The average molecular weight is 603 g/mol. The van der Waals surface area contributed by atoms with Crippen LogP contribution < -0.4 is 15.0 Å². The molecule has 1 N–H and O–H groups in total. The fraction of sp³-hybridized carbons (Fsp3) is 0.400. The van der Waals surface area contributed by atoms with E-state index in [0.29, 0.717) is 45.4 Å². The normalized spacial score (nSPS) is 18.7. The van der Waals surface area contributed by atoms with E-state index in [4.69, 9.17) is 26.4 Å². The summed E-state index contributed by atoms with van der Waals surface area (Å²) in [6, 6.07) is 8.34. The SMILES string of the molecule is CS[C@@H]1CNCC[C@H]1n1ncc2c(-c3ccc4c(c3)OCC(=O)N4Cc3ncc(Cl)cn3)c(C#N)c(CC(C)C)nc21. The van der Waals surface area contributed by atoms with Gasteiger partial charge in [0.25, 0.3) is 5.91 Å². The van der Waals surface area contributed by atoms with Gasteiger partial charge >= 0.3 is 0 Å². The molecule has 1 fully saturated rings. The van der Waals surface area contributed by atoms with Gasteiger partial charge in [-0.1, -0.05) is 31.5 Å². The number of nitrogens with one attached hydrogen (secondary N) is 1. The van der Waals surface area contributed by atoms with Gasteiger partial charge in [0, 0.05) is 35.1 Å². The van der Waals surface area contributed by atoms with Crippen molar-refractivity contribution in [2.45, 2.75) is 44.5 Å². The van der Waals surface area contributed by atoms with E-state index in [1.165, 1.54) is 12.4 Å². The lowest BCUT2D eigenvalue weighted by Crippen LogP contribution is -2.40. The van der Waals surface area contributed by atoms with Crippen LogP contribution in [0.4, 0.5) is 5.69 Å². The van der Waals surface area contributed by atoms with E-state index in [2.05, 4.69) is 46.1 Å². The molecule has 12 heteroatoms. The number of amides is 1. The highest BCUT2D eigenvalue weighted by Crippen LogP contribution is 2.41. The predicted molar refractivity (Wildman–Crippen MR) is 164 cm³/mol. The number of anilines is 1. The molecule has 3 aromatic heterocycles. The Balaban J connectivity index is 1.47. The molecule has 2 aliphatic rings. The Hall–Kier alpha value is -3.72. The predicted octanol–water partition coefficient (Wildman–Crippen LogP) is 4.80. The molecule has 1 amide bonds. The number of aromatic nitrogens is 5. The largest absolute Gasteiger partial charge is 0.482 e. The molecule has 0 spiro atoms. The van der Waals surface area contributed by atoms with Crippen molar-refractivity contribution >= 4 is 46.0 Å². The average Bonchev–Trinajstić information content (AvgIpc) is 3.41. The van der Waals surface area contributed by atoms with E-state index < -0.39 is 0 Å². The number of thioether (sulfide) groups is 1. The molecule has 216 valence electrons. The van der Waals surface area contributed by atoms with Crippen LogP contribution in [0.3, 0.4) is 0 Å². The highest BCUT2D eigenvalue weighted by molar-refractivity contribution is 7.99. The van der Waals surface area contributed by atoms with E-state index in [-0.39, 0.29) is 25.1 Å². The van der Waals surface area contributed by atoms with Crippen molar-refractivity contribution in [3.05, 3.63) is 58.9 Å². The Kier molecular flexibility index (Phi) is 8.03. The Morgan fingerprint density at radius 2 is 2.07 bits per heavy atom. The molecule has 0 unspecified atom stereocenters. The van der Waals surface area contributed by atoms with Crippen LogP contribution in [0, 0.1) is 17.2 Å². The molecule has 1 saturated heterocycles. The van der Waals surface area contributed by atoms with Crippen molar-refractivity contribution in [1.29, 1.82) is 5.26 Å². The zero-order valence-electron chi connectivity index (χ0n) is 23.7. The van der Waals surface area contributed by atoms with Gasteiger partial charge in [-0.2, -0.15) is 22.1 Å². The second-order valence-electron chi connectivity index (χ2n) is 10.9. The van der Waals surface area contributed by atoms with E-state index in [1.54, 1.807) is 4.90 Å². The summed E-state index contributed by atoms with van der Waals surface area (Å²) in [6.07, 6.45) is 8.61. The zero-order chi connectivity index (χ0) is 29.4. The van der Waals surface area contributed by atoms with Crippen LogP contribution in [-0.4, -0.2) is 61.8 Å². The quantitative estimate of drug-likeness (QED) is 0.318. The summed E-state index contributed by atoms with van der Waals surface area (Å²) in [5, 5.41) is 20.4. The summed E-state index contributed by atoms with van der Waals surface area (Å²) in [6.45, 7) is 6.17. The Morgan fingerprint density at radius 3 is 2.81 bits per heavy atom. The second-order valence-corrected chi connectivity index (χ2v) is 12.5. The minimum absolute atomic E-state index is 0.108. The maximum atomic E-state index is 12.9. The molecule has 4 aromatic rings. The van der Waals surface area contributed by atoms with Crippen LogP contribution in [0.15, 0.2) is 36.8 Å². The number of carbonyl (C=O) groups excluding carboxylic acids is 1. The number of ether oxygens (including phenoxy) is 1. The Morgan fingerprint density at radius 1 is 1.26 bits per heavy atom. The third-order valence-corrected chi connectivity index (χ3v) is 8.99. The minimum atomic E-state index is -0.191. The van der Waals surface area contributed by atoms with Crippen LogP contribution in [0.2, 0.25) is 5.02 Å². The molecule has 42 heavy (non-hydrogen) atoms. The number of carbonyl (C=O) groups is 1. The Labute approximate surface area is 253 Å². The van der Waals surface area contributed by atoms with Gasteiger partial charge in [-0.15, -0.1) is 0 Å². The van der Waals surface area contributed by atoms with E-state index in [0.717, 1.165) is 47.4 Å². The van der Waals surface area contributed by atoms with Crippen molar-refractivity contribution in [3.63, 3.8) is 0 Å². The summed E-state index contributed by atoms with van der Waals surface area (Å²) in [7, 11) is 0. The minimum Gasteiger partial charge on any atom is -0.482 e. The standard InChI is InChI=1S/C30H31ClN8O2S/c1-17(2)8-22-20(10-32)29(21-13-36-39(30(21)37-22)24-6-7-33-14-26(24)42-3)18-4-5-23-25(9-18)41-16-28(40)38(23)15-27-34-11-19(31)12-35-27/h4-5,9,11-13,17,24,26,33H,6-8,14-16H2,1-3H3/t24-,26-/m1/s1. The number of pyridine rings is 1. The van der Waals surface area contributed by atoms with Gasteiger partial charge in [0.05, 0.1) is 40.8 Å². The number of piperidine rings is 1. The first kappa shape index (κ1) is 28.4. The van der Waals surface area contributed by atoms with Crippen molar-refractivity contribution in [3.8, 4) is 22.9 Å². The smallest absolute Gasteiger partial charge is 0.265 e. The fourth-order valence-corrected chi connectivity index (χ4v) is 6.68. The molecule has 0 saturated carbocycles. The third kappa shape index (κ3) is 5.30. The van der Waals surface area contributed by atoms with Gasteiger partial charge in [-0.05, 0) is 49.3 Å². The number of nitrogens with zero attached hydrogens (tertiary/aromatic N) is 7. The van der Waals surface area contributed by atoms with Crippen molar-refractivity contribution < 1.29 is 9.53 Å². The van der Waals surface area contributed by atoms with Gasteiger partial charge in [0.15, 0.2) is 12.3 Å². The summed E-state index contributed by atoms with van der Waals surface area (Å²) in [5.74, 6) is 1.14. The van der Waals surface area contributed by atoms with E-state index in [9.17, 15) is 10.1 Å². The summed E-state index contributed by atoms with van der Waals surface area (Å²) in [4.78, 5) is 28.1. The summed E-state index contributed by atoms with van der Waals surface area (Å²) < 4.78 is 7.97. The molecule has 10 nitrogen and oxygen atoms in total. The topological polar surface area (TPSA) is 122 Å². The molecule has 2 aliphatic heterocycles. The number of hydrogen-bond acceptors (Lipinski definition) is 9. The van der Waals surface area contributed by atoms with Gasteiger partial charge < -0.3 is 10.1 Å². The monoisotopic (exact) mass is 602 g/mol. The lowest BCUT2D eigenvalue weighted by molar-refractivity contribution is -0.121. The van der Waals surface area contributed by atoms with Gasteiger partial charge in [0.1, 0.15) is 17.6 Å². The highest BCUT2D eigenvalue weighted by Gasteiger charge is 2.31. The molecule has 0 aliphatic carbocycles. The molecule has 0 radical (unpaired) electrons. The maximum Gasteiger partial charge on any atom is 0.265 e. The van der Waals surface area contributed by atoms with Gasteiger partial charge in [0.2, 0.25) is 0 Å². The van der Waals surface area contributed by atoms with E-state index >= 15 is 0 Å². The van der Waals surface area contributed by atoms with Crippen LogP contribution in [0.1, 0.15) is 43.4 Å².